The maximum absolute atomic E-state index is 11.7. The molecule has 5 heteroatoms. The van der Waals surface area contributed by atoms with Crippen LogP contribution in [0.2, 0.25) is 0 Å². The van der Waals surface area contributed by atoms with Gasteiger partial charge in [0.1, 0.15) is 5.69 Å². The molecule has 3 N–H and O–H groups in total. The van der Waals surface area contributed by atoms with Crippen LogP contribution in [0.5, 0.6) is 0 Å². The number of hydrogen-bond acceptors (Lipinski definition) is 2. The predicted octanol–water partition coefficient (Wildman–Crippen LogP) is 1.82. The Bertz CT molecular complexity index is 556. The number of anilines is 1. The van der Waals surface area contributed by atoms with Crippen molar-refractivity contribution in [3.8, 4) is 5.69 Å². The van der Waals surface area contributed by atoms with Gasteiger partial charge < -0.3 is 5.73 Å². The Morgan fingerprint density at radius 3 is 2.73 bits per heavy atom. The van der Waals surface area contributed by atoms with Gasteiger partial charge in [-0.2, -0.15) is 0 Å². The van der Waals surface area contributed by atoms with Crippen LogP contribution in [0.15, 0.2) is 33.5 Å². The van der Waals surface area contributed by atoms with Gasteiger partial charge in [-0.1, -0.05) is 22.0 Å². The topological polar surface area (TPSA) is 63.8 Å². The average Bonchev–Trinajstić information content (AvgIpc) is 2.46. The highest BCUT2D eigenvalue weighted by molar-refractivity contribution is 9.10. The Balaban J connectivity index is 2.64. The quantitative estimate of drug-likeness (QED) is 0.828. The summed E-state index contributed by atoms with van der Waals surface area (Å²) in [6.07, 6.45) is 0. The summed E-state index contributed by atoms with van der Waals surface area (Å²) in [6.45, 7) is 1.77. The highest BCUT2D eigenvalue weighted by Gasteiger charge is 2.08. The molecule has 1 aromatic heterocycles. The molecular weight excluding hydrogens is 258 g/mol. The van der Waals surface area contributed by atoms with Crippen molar-refractivity contribution < 1.29 is 0 Å². The van der Waals surface area contributed by atoms with Crippen molar-refractivity contribution in [3.63, 3.8) is 0 Å². The molecule has 78 valence electrons. The zero-order valence-electron chi connectivity index (χ0n) is 8.12. The van der Waals surface area contributed by atoms with Gasteiger partial charge in [-0.25, -0.2) is 4.68 Å². The maximum Gasteiger partial charge on any atom is 0.294 e. The largest absolute Gasteiger partial charge is 0.393 e. The van der Waals surface area contributed by atoms with Crippen molar-refractivity contribution in [2.45, 2.75) is 6.92 Å². The standard InChI is InChI=1S/C10H10BrN3O/c1-6-9(12)10(15)14(13-6)8-4-2-3-7(11)5-8/h2-5,13H,12H2,1H3. The van der Waals surface area contributed by atoms with E-state index in [1.54, 1.807) is 6.92 Å². The van der Waals surface area contributed by atoms with Gasteiger partial charge >= 0.3 is 0 Å². The van der Waals surface area contributed by atoms with E-state index in [1.807, 2.05) is 24.3 Å². The van der Waals surface area contributed by atoms with Crippen LogP contribution in [0.4, 0.5) is 5.69 Å². The minimum absolute atomic E-state index is 0.217. The van der Waals surface area contributed by atoms with Crippen LogP contribution in [0.25, 0.3) is 5.69 Å². The monoisotopic (exact) mass is 267 g/mol. The third kappa shape index (κ3) is 1.70. The van der Waals surface area contributed by atoms with Gasteiger partial charge in [0.15, 0.2) is 0 Å². The number of nitrogen functional groups attached to an aromatic ring is 1. The molecule has 2 rings (SSSR count). The molecular formula is C10H10BrN3O. The maximum atomic E-state index is 11.7. The minimum atomic E-state index is -0.217. The Kier molecular flexibility index (Phi) is 2.40. The predicted molar refractivity (Wildman–Crippen MR) is 63.2 cm³/mol. The van der Waals surface area contributed by atoms with Crippen molar-refractivity contribution in [1.29, 1.82) is 0 Å². The normalized spacial score (nSPS) is 10.5. The highest BCUT2D eigenvalue weighted by Crippen LogP contribution is 2.14. The van der Waals surface area contributed by atoms with E-state index >= 15 is 0 Å². The highest BCUT2D eigenvalue weighted by atomic mass is 79.9. The number of nitrogens with two attached hydrogens (primary N) is 1. The molecule has 0 aliphatic rings. The molecule has 0 radical (unpaired) electrons. The molecule has 0 fully saturated rings. The van der Waals surface area contributed by atoms with E-state index in [1.165, 1.54) is 4.68 Å². The summed E-state index contributed by atoms with van der Waals surface area (Å²) in [4.78, 5) is 11.7. The van der Waals surface area contributed by atoms with E-state index < -0.39 is 0 Å². The molecule has 0 aliphatic heterocycles. The third-order valence-corrected chi connectivity index (χ3v) is 2.68. The lowest BCUT2D eigenvalue weighted by Crippen LogP contribution is -2.16. The van der Waals surface area contributed by atoms with E-state index in [-0.39, 0.29) is 11.2 Å². The first-order valence-corrected chi connectivity index (χ1v) is 5.22. The Morgan fingerprint density at radius 1 is 1.47 bits per heavy atom. The van der Waals surface area contributed by atoms with Crippen LogP contribution < -0.4 is 11.3 Å². The smallest absolute Gasteiger partial charge is 0.294 e. The number of nitrogens with one attached hydrogen (secondary N) is 1. The van der Waals surface area contributed by atoms with Crippen LogP contribution in [0, 0.1) is 6.92 Å². The van der Waals surface area contributed by atoms with Gasteiger partial charge in [-0.05, 0) is 25.1 Å². The Labute approximate surface area is 94.8 Å². The van der Waals surface area contributed by atoms with Crippen LogP contribution >= 0.6 is 15.9 Å². The van der Waals surface area contributed by atoms with Crippen molar-refractivity contribution >= 4 is 21.6 Å². The summed E-state index contributed by atoms with van der Waals surface area (Å²) >= 11 is 3.35. The van der Waals surface area contributed by atoms with Crippen LogP contribution in [-0.4, -0.2) is 9.78 Å². The van der Waals surface area contributed by atoms with Crippen molar-refractivity contribution in [2.75, 3.05) is 5.73 Å². The van der Waals surface area contributed by atoms with Gasteiger partial charge in [-0.15, -0.1) is 0 Å². The number of H-pyrrole nitrogens is 1. The fraction of sp³-hybridized carbons (Fsp3) is 0.100. The molecule has 0 unspecified atom stereocenters. The van der Waals surface area contributed by atoms with Crippen LogP contribution in [0.3, 0.4) is 0 Å². The number of nitrogens with zero attached hydrogens (tertiary/aromatic N) is 1. The molecule has 1 heterocycles. The number of halogens is 1. The second-order valence-corrected chi connectivity index (χ2v) is 4.19. The molecule has 0 bridgehead atoms. The molecule has 0 aliphatic carbocycles. The molecule has 1 aromatic carbocycles. The number of benzene rings is 1. The minimum Gasteiger partial charge on any atom is -0.393 e. The lowest BCUT2D eigenvalue weighted by molar-refractivity contribution is 0.835. The molecule has 0 amide bonds. The zero-order chi connectivity index (χ0) is 11.0. The Hall–Kier alpha value is -1.49. The summed E-state index contributed by atoms with van der Waals surface area (Å²) in [5.41, 5.74) is 7.08. The van der Waals surface area contributed by atoms with Gasteiger partial charge in [0, 0.05) is 4.47 Å². The third-order valence-electron chi connectivity index (χ3n) is 2.18. The van der Waals surface area contributed by atoms with Crippen molar-refractivity contribution in [1.82, 2.24) is 9.78 Å². The Morgan fingerprint density at radius 2 is 2.20 bits per heavy atom. The second kappa shape index (κ2) is 3.58. The second-order valence-electron chi connectivity index (χ2n) is 3.27. The van der Waals surface area contributed by atoms with E-state index in [4.69, 9.17) is 5.73 Å². The molecule has 0 atom stereocenters. The summed E-state index contributed by atoms with van der Waals surface area (Å²) < 4.78 is 2.34. The SMILES string of the molecule is Cc1[nH]n(-c2cccc(Br)c2)c(=O)c1N. The number of hydrogen-bond donors (Lipinski definition) is 2. The van der Waals surface area contributed by atoms with Gasteiger partial charge in [0.25, 0.3) is 5.56 Å². The molecule has 0 saturated heterocycles. The van der Waals surface area contributed by atoms with Gasteiger partial charge in [0.05, 0.1) is 11.4 Å². The fourth-order valence-corrected chi connectivity index (χ4v) is 1.74. The molecule has 2 aromatic rings. The number of aryl methyl sites for hydroxylation is 1. The number of rotatable bonds is 1. The lowest BCUT2D eigenvalue weighted by Gasteiger charge is -2.01. The van der Waals surface area contributed by atoms with Crippen molar-refractivity contribution in [3.05, 3.63) is 44.8 Å². The zero-order valence-corrected chi connectivity index (χ0v) is 9.71. The summed E-state index contributed by atoms with van der Waals surface area (Å²) in [6, 6.07) is 7.43. The average molecular weight is 268 g/mol. The summed E-state index contributed by atoms with van der Waals surface area (Å²) in [5.74, 6) is 0. The molecule has 4 nitrogen and oxygen atoms in total. The number of aromatic nitrogens is 2. The van der Waals surface area contributed by atoms with E-state index in [0.717, 1.165) is 10.2 Å². The van der Waals surface area contributed by atoms with E-state index in [2.05, 4.69) is 21.0 Å². The molecule has 0 saturated carbocycles. The molecule has 0 spiro atoms. The van der Waals surface area contributed by atoms with Gasteiger partial charge in [-0.3, -0.25) is 9.89 Å². The van der Waals surface area contributed by atoms with E-state index in [0.29, 0.717) is 5.69 Å². The van der Waals surface area contributed by atoms with Crippen molar-refractivity contribution in [2.24, 2.45) is 0 Å². The van der Waals surface area contributed by atoms with E-state index in [9.17, 15) is 4.79 Å². The van der Waals surface area contributed by atoms with Gasteiger partial charge in [0.2, 0.25) is 0 Å². The fourth-order valence-electron chi connectivity index (χ4n) is 1.36. The first-order valence-electron chi connectivity index (χ1n) is 4.42. The first kappa shape index (κ1) is 10.0. The van der Waals surface area contributed by atoms with Crippen LogP contribution in [0.1, 0.15) is 5.69 Å². The lowest BCUT2D eigenvalue weighted by atomic mass is 10.3. The number of aromatic amines is 1. The van der Waals surface area contributed by atoms with Crippen LogP contribution in [-0.2, 0) is 0 Å². The first-order chi connectivity index (χ1) is 7.09. The summed E-state index contributed by atoms with van der Waals surface area (Å²) in [5, 5.41) is 2.91. The summed E-state index contributed by atoms with van der Waals surface area (Å²) in [7, 11) is 0. The molecule has 15 heavy (non-hydrogen) atoms.